The van der Waals surface area contributed by atoms with Crippen LogP contribution in [0.1, 0.15) is 23.3 Å². The third kappa shape index (κ3) is 2.54. The summed E-state index contributed by atoms with van der Waals surface area (Å²) in [6.07, 6.45) is 3.52. The van der Waals surface area contributed by atoms with Crippen LogP contribution in [0.3, 0.4) is 0 Å². The van der Waals surface area contributed by atoms with E-state index in [1.807, 2.05) is 6.07 Å². The third-order valence-corrected chi connectivity index (χ3v) is 4.24. The molecule has 2 aromatic rings. The van der Waals surface area contributed by atoms with Gasteiger partial charge in [0, 0.05) is 17.3 Å². The number of aliphatic hydroxyl groups excluding tert-OH is 1. The second kappa shape index (κ2) is 4.79. The van der Waals surface area contributed by atoms with Gasteiger partial charge in [-0.25, -0.2) is 4.98 Å². The van der Waals surface area contributed by atoms with E-state index in [2.05, 4.69) is 10.3 Å². The van der Waals surface area contributed by atoms with Gasteiger partial charge in [0.2, 0.25) is 0 Å². The molecule has 0 unspecified atom stereocenters. The van der Waals surface area contributed by atoms with Gasteiger partial charge >= 0.3 is 0 Å². The van der Waals surface area contributed by atoms with Crippen molar-refractivity contribution in [2.45, 2.75) is 12.8 Å². The highest BCUT2D eigenvalue weighted by molar-refractivity contribution is 7.13. The van der Waals surface area contributed by atoms with Crippen molar-refractivity contribution in [3.05, 3.63) is 29.5 Å². The molecule has 0 radical (unpaired) electrons. The van der Waals surface area contributed by atoms with Crippen LogP contribution < -0.4 is 5.32 Å². The lowest BCUT2D eigenvalue weighted by Gasteiger charge is -2.11. The maximum atomic E-state index is 11.9. The molecule has 5 nitrogen and oxygen atoms in total. The number of nitrogens with one attached hydrogen (secondary N) is 1. The van der Waals surface area contributed by atoms with E-state index in [4.69, 9.17) is 4.42 Å². The molecule has 2 aromatic heterocycles. The average molecular weight is 278 g/mol. The van der Waals surface area contributed by atoms with Gasteiger partial charge < -0.3 is 14.8 Å². The Hall–Kier alpha value is -1.66. The number of rotatable bonds is 5. The van der Waals surface area contributed by atoms with Gasteiger partial charge in [-0.05, 0) is 25.0 Å². The number of amides is 1. The molecule has 2 heterocycles. The first kappa shape index (κ1) is 12.4. The number of carbonyl (C=O) groups excluding carboxylic acids is 1. The van der Waals surface area contributed by atoms with E-state index in [1.54, 1.807) is 17.7 Å². The summed E-state index contributed by atoms with van der Waals surface area (Å²) in [6.45, 7) is 0.637. The Morgan fingerprint density at radius 1 is 1.58 bits per heavy atom. The van der Waals surface area contributed by atoms with E-state index in [1.165, 1.54) is 11.3 Å². The average Bonchev–Trinajstić information content (AvgIpc) is 2.87. The molecule has 0 aromatic carbocycles. The third-order valence-electron chi connectivity index (χ3n) is 3.39. The van der Waals surface area contributed by atoms with Gasteiger partial charge in [-0.3, -0.25) is 4.79 Å². The van der Waals surface area contributed by atoms with Crippen LogP contribution >= 0.6 is 11.3 Å². The van der Waals surface area contributed by atoms with Gasteiger partial charge in [-0.15, -0.1) is 11.3 Å². The molecule has 0 atom stereocenters. The summed E-state index contributed by atoms with van der Waals surface area (Å²) in [5.74, 6) is 0.465. The standard InChI is InChI=1S/C13H14N2O3S/c16-8-13(3-4-13)7-14-11(17)9-6-19-12(15-9)10-2-1-5-18-10/h1-2,5-6,16H,3-4,7-8H2,(H,14,17). The van der Waals surface area contributed by atoms with Crippen LogP contribution in [0, 0.1) is 5.41 Å². The molecule has 1 amide bonds. The molecule has 0 saturated heterocycles. The summed E-state index contributed by atoms with van der Waals surface area (Å²) < 4.78 is 5.24. The van der Waals surface area contributed by atoms with Crippen molar-refractivity contribution in [3.63, 3.8) is 0 Å². The Balaban J connectivity index is 1.64. The molecule has 0 spiro atoms. The summed E-state index contributed by atoms with van der Waals surface area (Å²) in [4.78, 5) is 16.2. The van der Waals surface area contributed by atoms with Gasteiger partial charge in [0.15, 0.2) is 10.8 Å². The molecule has 19 heavy (non-hydrogen) atoms. The maximum Gasteiger partial charge on any atom is 0.270 e. The lowest BCUT2D eigenvalue weighted by molar-refractivity contribution is 0.0931. The lowest BCUT2D eigenvalue weighted by Crippen LogP contribution is -2.32. The topological polar surface area (TPSA) is 75.4 Å². The van der Waals surface area contributed by atoms with Gasteiger partial charge in [-0.2, -0.15) is 0 Å². The number of aromatic nitrogens is 1. The molecule has 6 heteroatoms. The van der Waals surface area contributed by atoms with Crippen molar-refractivity contribution in [1.82, 2.24) is 10.3 Å². The molecule has 1 aliphatic carbocycles. The Kier molecular flexibility index (Phi) is 3.12. The number of hydrogen-bond donors (Lipinski definition) is 2. The fourth-order valence-corrected chi connectivity index (χ4v) is 2.58. The van der Waals surface area contributed by atoms with Crippen LogP contribution in [0.4, 0.5) is 0 Å². The van der Waals surface area contributed by atoms with Crippen molar-refractivity contribution in [3.8, 4) is 10.8 Å². The van der Waals surface area contributed by atoms with Gasteiger partial charge in [0.05, 0.1) is 12.9 Å². The van der Waals surface area contributed by atoms with Crippen LogP contribution in [-0.2, 0) is 0 Å². The summed E-state index contributed by atoms with van der Waals surface area (Å²) in [6, 6.07) is 3.60. The summed E-state index contributed by atoms with van der Waals surface area (Å²) in [7, 11) is 0. The minimum atomic E-state index is -0.200. The number of carbonyl (C=O) groups is 1. The Morgan fingerprint density at radius 2 is 2.42 bits per heavy atom. The second-order valence-corrected chi connectivity index (χ2v) is 5.71. The molecule has 1 saturated carbocycles. The molecular formula is C13H14N2O3S. The van der Waals surface area contributed by atoms with E-state index in [9.17, 15) is 9.90 Å². The smallest absolute Gasteiger partial charge is 0.270 e. The van der Waals surface area contributed by atoms with Crippen molar-refractivity contribution in [2.24, 2.45) is 5.41 Å². The second-order valence-electron chi connectivity index (χ2n) is 4.86. The summed E-state index contributed by atoms with van der Waals surface area (Å²) in [5, 5.41) is 14.4. The molecular weight excluding hydrogens is 264 g/mol. The Labute approximate surface area is 114 Å². The van der Waals surface area contributed by atoms with Gasteiger partial charge in [0.1, 0.15) is 5.69 Å². The number of thiazole rings is 1. The first-order valence-electron chi connectivity index (χ1n) is 6.11. The lowest BCUT2D eigenvalue weighted by atomic mass is 10.1. The van der Waals surface area contributed by atoms with E-state index in [0.29, 0.717) is 23.0 Å². The molecule has 1 aliphatic rings. The Bertz CT molecular complexity index is 572. The SMILES string of the molecule is O=C(NCC1(CO)CC1)c1csc(-c2ccco2)n1. The van der Waals surface area contributed by atoms with E-state index in [-0.39, 0.29) is 17.9 Å². The molecule has 3 rings (SSSR count). The predicted molar refractivity (Wildman–Crippen MR) is 70.9 cm³/mol. The van der Waals surface area contributed by atoms with Crippen LogP contribution in [0.5, 0.6) is 0 Å². The van der Waals surface area contributed by atoms with Crippen LogP contribution in [0.25, 0.3) is 10.8 Å². The van der Waals surface area contributed by atoms with Crippen molar-refractivity contribution in [2.75, 3.05) is 13.2 Å². The number of nitrogens with zero attached hydrogens (tertiary/aromatic N) is 1. The van der Waals surface area contributed by atoms with E-state index in [0.717, 1.165) is 12.8 Å². The quantitative estimate of drug-likeness (QED) is 0.876. The maximum absolute atomic E-state index is 11.9. The van der Waals surface area contributed by atoms with Gasteiger partial charge in [-0.1, -0.05) is 0 Å². The fourth-order valence-electron chi connectivity index (χ4n) is 1.82. The monoisotopic (exact) mass is 278 g/mol. The normalized spacial score (nSPS) is 16.3. The first-order chi connectivity index (χ1) is 9.22. The number of hydrogen-bond acceptors (Lipinski definition) is 5. The van der Waals surface area contributed by atoms with E-state index < -0.39 is 0 Å². The first-order valence-corrected chi connectivity index (χ1v) is 6.99. The molecule has 2 N–H and O–H groups in total. The number of furan rings is 1. The zero-order valence-corrected chi connectivity index (χ0v) is 11.1. The molecule has 0 bridgehead atoms. The summed E-state index contributed by atoms with van der Waals surface area (Å²) >= 11 is 1.38. The predicted octanol–water partition coefficient (Wildman–Crippen LogP) is 1.91. The highest BCUT2D eigenvalue weighted by atomic mass is 32.1. The van der Waals surface area contributed by atoms with Crippen molar-refractivity contribution < 1.29 is 14.3 Å². The molecule has 1 fully saturated rings. The zero-order chi connectivity index (χ0) is 13.3. The highest BCUT2D eigenvalue weighted by Gasteiger charge is 2.42. The minimum absolute atomic E-state index is 0.0878. The van der Waals surface area contributed by atoms with Crippen molar-refractivity contribution >= 4 is 17.2 Å². The van der Waals surface area contributed by atoms with Gasteiger partial charge in [0.25, 0.3) is 5.91 Å². The highest BCUT2D eigenvalue weighted by Crippen LogP contribution is 2.44. The van der Waals surface area contributed by atoms with Crippen LogP contribution in [0.2, 0.25) is 0 Å². The van der Waals surface area contributed by atoms with Crippen molar-refractivity contribution in [1.29, 1.82) is 0 Å². The molecule has 0 aliphatic heterocycles. The fraction of sp³-hybridized carbons (Fsp3) is 0.385. The molecule has 100 valence electrons. The van der Waals surface area contributed by atoms with Crippen LogP contribution in [-0.4, -0.2) is 29.1 Å². The van der Waals surface area contributed by atoms with Crippen LogP contribution in [0.15, 0.2) is 28.2 Å². The zero-order valence-electron chi connectivity index (χ0n) is 10.3. The Morgan fingerprint density at radius 3 is 3.05 bits per heavy atom. The minimum Gasteiger partial charge on any atom is -0.462 e. The number of aliphatic hydroxyl groups is 1. The largest absolute Gasteiger partial charge is 0.462 e. The van der Waals surface area contributed by atoms with E-state index >= 15 is 0 Å². The summed E-state index contributed by atoms with van der Waals surface area (Å²) in [5.41, 5.74) is 0.306.